The lowest BCUT2D eigenvalue weighted by Crippen LogP contribution is -2.18. The monoisotopic (exact) mass is 498 g/mol. The molecule has 0 heterocycles. The predicted octanol–water partition coefficient (Wildman–Crippen LogP) is 10.8. The molecule has 206 valence electrons. The first-order chi connectivity index (χ1) is 16.1. The summed E-state index contributed by atoms with van der Waals surface area (Å²) >= 11 is 0. The molecule has 0 aliphatic heterocycles. The molecule has 0 aromatic heterocycles. The van der Waals surface area contributed by atoms with E-state index in [0.29, 0.717) is 11.8 Å². The lowest BCUT2D eigenvalue weighted by atomic mass is 9.77. The Labute approximate surface area is 224 Å². The van der Waals surface area contributed by atoms with E-state index in [-0.39, 0.29) is 21.7 Å². The topological polar surface area (TPSA) is 40.5 Å². The van der Waals surface area contributed by atoms with Gasteiger partial charge in [0.15, 0.2) is 0 Å². The Kier molecular flexibility index (Phi) is 12.2. The molecule has 0 aliphatic rings. The van der Waals surface area contributed by atoms with E-state index in [2.05, 4.69) is 147 Å². The quantitative estimate of drug-likeness (QED) is 0.319. The van der Waals surface area contributed by atoms with Crippen molar-refractivity contribution in [1.29, 1.82) is 0 Å². The van der Waals surface area contributed by atoms with Gasteiger partial charge in [-0.1, -0.05) is 147 Å². The molecule has 2 heteroatoms. The van der Waals surface area contributed by atoms with E-state index in [0.717, 1.165) is 0 Å². The van der Waals surface area contributed by atoms with Gasteiger partial charge in [0.25, 0.3) is 0 Å². The highest BCUT2D eigenvalue weighted by Gasteiger charge is 2.23. The molecule has 0 unspecified atom stereocenters. The van der Waals surface area contributed by atoms with Crippen LogP contribution >= 0.6 is 0 Å². The Morgan fingerprint density at radius 3 is 0.861 bits per heavy atom. The van der Waals surface area contributed by atoms with Crippen molar-refractivity contribution in [1.82, 2.24) is 0 Å². The fourth-order valence-electron chi connectivity index (χ4n) is 4.38. The van der Waals surface area contributed by atoms with E-state index >= 15 is 0 Å². The van der Waals surface area contributed by atoms with Gasteiger partial charge >= 0.3 is 0 Å². The van der Waals surface area contributed by atoms with E-state index in [1.807, 2.05) is 0 Å². The Morgan fingerprint density at radius 1 is 0.444 bits per heavy atom. The van der Waals surface area contributed by atoms with Crippen molar-refractivity contribution in [2.24, 2.45) is 0 Å². The van der Waals surface area contributed by atoms with E-state index < -0.39 is 0 Å². The molecule has 2 rings (SSSR count). The molecule has 2 aromatic rings. The lowest BCUT2D eigenvalue weighted by molar-refractivity contribution is -0.176. The number of hydrogen-bond donors (Lipinski definition) is 2. The minimum absolute atomic E-state index is 0.232. The first kappa shape index (κ1) is 34.4. The van der Waals surface area contributed by atoms with Crippen LogP contribution in [0.4, 0.5) is 0 Å². The summed E-state index contributed by atoms with van der Waals surface area (Å²) < 4.78 is 0. The highest BCUT2D eigenvalue weighted by Crippen LogP contribution is 2.35. The lowest BCUT2D eigenvalue weighted by Gasteiger charge is -2.28. The van der Waals surface area contributed by atoms with Crippen LogP contribution in [-0.4, -0.2) is 10.5 Å². The van der Waals surface area contributed by atoms with Gasteiger partial charge < -0.3 is 0 Å². The maximum absolute atomic E-state index is 6.00. The molecular formula is C34H58O2. The molecule has 0 bridgehead atoms. The van der Waals surface area contributed by atoms with E-state index in [1.165, 1.54) is 33.4 Å². The molecule has 0 fully saturated rings. The van der Waals surface area contributed by atoms with Crippen LogP contribution in [0.15, 0.2) is 36.4 Å². The molecule has 2 nitrogen and oxygen atoms in total. The first-order valence-corrected chi connectivity index (χ1v) is 13.6. The number of hydrogen-bond acceptors (Lipinski definition) is 2. The van der Waals surface area contributed by atoms with Crippen molar-refractivity contribution in [3.8, 4) is 0 Å². The second-order valence-corrected chi connectivity index (χ2v) is 14.9. The van der Waals surface area contributed by atoms with Crippen molar-refractivity contribution in [2.45, 2.75) is 144 Å². The average molecular weight is 499 g/mol. The molecule has 0 radical (unpaired) electrons. The van der Waals surface area contributed by atoms with Crippen LogP contribution in [0.2, 0.25) is 0 Å². The second-order valence-electron chi connectivity index (χ2n) is 14.9. The Balaban J connectivity index is 0.000000637. The van der Waals surface area contributed by atoms with Crippen molar-refractivity contribution >= 4 is 0 Å². The van der Waals surface area contributed by atoms with E-state index in [4.69, 9.17) is 10.5 Å². The number of benzene rings is 2. The van der Waals surface area contributed by atoms with Crippen LogP contribution in [0.1, 0.15) is 156 Å². The molecular weight excluding hydrogens is 440 g/mol. The molecule has 0 saturated carbocycles. The largest absolute Gasteiger partial charge is 0.255 e. The van der Waals surface area contributed by atoms with Crippen molar-refractivity contribution in [3.63, 3.8) is 0 Å². The zero-order chi connectivity index (χ0) is 28.9. The van der Waals surface area contributed by atoms with Gasteiger partial charge in [-0.05, 0) is 66.9 Å². The van der Waals surface area contributed by atoms with Gasteiger partial charge in [0.2, 0.25) is 0 Å². The minimum Gasteiger partial charge on any atom is -0.255 e. The standard InChI is InChI=1S/2C17H28.H2O2/c2*1-12(2)14-11-13(16(3,4)5)9-10-15(14)17(6,7)8;1-2/h2*9-12H,1-8H3;1-2H. The van der Waals surface area contributed by atoms with Gasteiger partial charge in [0.1, 0.15) is 0 Å². The zero-order valence-electron chi connectivity index (χ0n) is 26.5. The molecule has 36 heavy (non-hydrogen) atoms. The molecule has 2 N–H and O–H groups in total. The smallest absolute Gasteiger partial charge is 0.0129 e. The summed E-state index contributed by atoms with van der Waals surface area (Å²) in [6, 6.07) is 14.1. The third kappa shape index (κ3) is 10.0. The van der Waals surface area contributed by atoms with Gasteiger partial charge in [-0.3, -0.25) is 10.5 Å². The van der Waals surface area contributed by atoms with E-state index in [9.17, 15) is 0 Å². The summed E-state index contributed by atoms with van der Waals surface area (Å²) in [5.41, 5.74) is 9.80. The van der Waals surface area contributed by atoms with Crippen molar-refractivity contribution in [3.05, 3.63) is 69.8 Å². The van der Waals surface area contributed by atoms with Crippen LogP contribution in [0.25, 0.3) is 0 Å². The van der Waals surface area contributed by atoms with Crippen LogP contribution in [-0.2, 0) is 21.7 Å². The van der Waals surface area contributed by atoms with E-state index in [1.54, 1.807) is 0 Å². The maximum Gasteiger partial charge on any atom is -0.0129 e. The van der Waals surface area contributed by atoms with Gasteiger partial charge in [-0.15, -0.1) is 0 Å². The highest BCUT2D eigenvalue weighted by molar-refractivity contribution is 5.41. The van der Waals surface area contributed by atoms with Crippen LogP contribution in [0.5, 0.6) is 0 Å². The fraction of sp³-hybridized carbons (Fsp3) is 0.647. The summed E-state index contributed by atoms with van der Waals surface area (Å²) in [5.74, 6) is 1.18. The zero-order valence-corrected chi connectivity index (χ0v) is 26.5. The third-order valence-electron chi connectivity index (χ3n) is 6.70. The summed E-state index contributed by atoms with van der Waals surface area (Å²) in [4.78, 5) is 0. The summed E-state index contributed by atoms with van der Waals surface area (Å²) in [6.07, 6.45) is 0. The van der Waals surface area contributed by atoms with Gasteiger partial charge in [-0.2, -0.15) is 0 Å². The van der Waals surface area contributed by atoms with Crippen molar-refractivity contribution < 1.29 is 10.5 Å². The average Bonchev–Trinajstić information content (AvgIpc) is 2.72. The predicted molar refractivity (Wildman–Crippen MR) is 161 cm³/mol. The van der Waals surface area contributed by atoms with Gasteiger partial charge in [0.05, 0.1) is 0 Å². The van der Waals surface area contributed by atoms with Crippen molar-refractivity contribution in [2.75, 3.05) is 0 Å². The number of rotatable bonds is 2. The van der Waals surface area contributed by atoms with Crippen LogP contribution in [0, 0.1) is 0 Å². The Hall–Kier alpha value is -1.64. The second kappa shape index (κ2) is 12.7. The molecule has 2 aromatic carbocycles. The molecule has 0 atom stereocenters. The summed E-state index contributed by atoms with van der Waals surface area (Å²) in [7, 11) is 0. The Morgan fingerprint density at radius 2 is 0.694 bits per heavy atom. The molecule has 0 saturated heterocycles. The molecule has 0 aliphatic carbocycles. The normalized spacial score (nSPS) is 12.7. The van der Waals surface area contributed by atoms with Crippen LogP contribution in [0.3, 0.4) is 0 Å². The van der Waals surface area contributed by atoms with Crippen LogP contribution < -0.4 is 0 Å². The molecule has 0 spiro atoms. The SMILES string of the molecule is CC(C)c1cc(C(C)(C)C)ccc1C(C)(C)C.CC(C)c1cc(C(C)(C)C)ccc1C(C)(C)C.OO. The third-order valence-corrected chi connectivity index (χ3v) is 6.70. The fourth-order valence-corrected chi connectivity index (χ4v) is 4.38. The first-order valence-electron chi connectivity index (χ1n) is 13.6. The van der Waals surface area contributed by atoms with Gasteiger partial charge in [-0.25, -0.2) is 0 Å². The molecule has 0 amide bonds. The Bertz CT molecular complexity index is 858. The summed E-state index contributed by atoms with van der Waals surface area (Å²) in [5, 5.41) is 12.0. The minimum atomic E-state index is 0.232. The highest BCUT2D eigenvalue weighted by atomic mass is 17.0. The maximum atomic E-state index is 6.00. The van der Waals surface area contributed by atoms with Gasteiger partial charge in [0, 0.05) is 0 Å². The summed E-state index contributed by atoms with van der Waals surface area (Å²) in [6.45, 7) is 36.6.